The molecule has 3 aromatic rings. The summed E-state index contributed by atoms with van der Waals surface area (Å²) in [7, 11) is 0. The first-order valence-corrected chi connectivity index (χ1v) is 9.61. The van der Waals surface area contributed by atoms with Crippen LogP contribution in [0.15, 0.2) is 36.4 Å². The molecule has 158 valence electrons. The largest absolute Gasteiger partial charge is 0.508 e. The van der Waals surface area contributed by atoms with Crippen molar-refractivity contribution < 1.29 is 28.6 Å². The first kappa shape index (κ1) is 21.5. The highest BCUT2D eigenvalue weighted by Crippen LogP contribution is 2.43. The maximum absolute atomic E-state index is 13.7. The van der Waals surface area contributed by atoms with Crippen LogP contribution in [-0.4, -0.2) is 26.7 Å². The number of carboxylic acid groups (broad SMARTS) is 1. The molecule has 0 aliphatic rings. The highest BCUT2D eigenvalue weighted by Gasteiger charge is 2.44. The molecule has 7 heteroatoms. The third kappa shape index (κ3) is 3.14. The summed E-state index contributed by atoms with van der Waals surface area (Å²) in [5.74, 6) is -4.25. The van der Waals surface area contributed by atoms with Gasteiger partial charge in [-0.1, -0.05) is 20.3 Å². The minimum absolute atomic E-state index is 0.0712. The number of phenolic OH excluding ortho intramolecular Hbond substituents is 1. The van der Waals surface area contributed by atoms with E-state index in [1.165, 1.54) is 28.8 Å². The predicted molar refractivity (Wildman–Crippen MR) is 109 cm³/mol. The van der Waals surface area contributed by atoms with E-state index in [1.807, 2.05) is 13.8 Å². The van der Waals surface area contributed by atoms with E-state index in [1.54, 1.807) is 13.8 Å². The molecule has 0 bridgehead atoms. The van der Waals surface area contributed by atoms with Gasteiger partial charge in [0.15, 0.2) is 11.6 Å². The number of aromatic nitrogens is 1. The zero-order valence-corrected chi connectivity index (χ0v) is 17.2. The Hall–Kier alpha value is -3.22. The molecule has 3 rings (SSSR count). The average Bonchev–Trinajstić information content (AvgIpc) is 2.99. The monoisotopic (exact) mass is 415 g/mol. The van der Waals surface area contributed by atoms with Gasteiger partial charge in [0.1, 0.15) is 5.75 Å². The van der Waals surface area contributed by atoms with Gasteiger partial charge in [-0.3, -0.25) is 14.2 Å². The standard InChI is InChI=1S/C23H23F2NO4/c1-5-12(2)23(4,22(29)30)20-13(3)26(19-9-7-15(27)11-16(19)20)21(28)14-6-8-17(24)18(25)10-14/h6-12,27H,5H2,1-4H3,(H,29,30)/t12?,23-/m1/s1. The van der Waals surface area contributed by atoms with Crippen LogP contribution in [0.5, 0.6) is 5.75 Å². The zero-order chi connectivity index (χ0) is 22.4. The Kier molecular flexibility index (Phi) is 5.41. The minimum atomic E-state index is -1.34. The lowest BCUT2D eigenvalue weighted by Gasteiger charge is -2.32. The van der Waals surface area contributed by atoms with Crippen LogP contribution in [0, 0.1) is 24.5 Å². The maximum atomic E-state index is 13.7. The van der Waals surface area contributed by atoms with Crippen LogP contribution < -0.4 is 0 Å². The van der Waals surface area contributed by atoms with Gasteiger partial charge in [-0.25, -0.2) is 8.78 Å². The lowest BCUT2D eigenvalue weighted by atomic mass is 9.70. The van der Waals surface area contributed by atoms with Gasteiger partial charge in [0.05, 0.1) is 10.9 Å². The SMILES string of the molecule is CCC(C)[C@@](C)(C(=O)O)c1c(C)n(C(=O)c2ccc(F)c(F)c2)c2ccc(O)cc12. The van der Waals surface area contributed by atoms with Crippen molar-refractivity contribution in [3.63, 3.8) is 0 Å². The number of carbonyl (C=O) groups excluding carboxylic acids is 1. The summed E-state index contributed by atoms with van der Waals surface area (Å²) >= 11 is 0. The summed E-state index contributed by atoms with van der Waals surface area (Å²) in [4.78, 5) is 25.6. The molecule has 2 aromatic carbocycles. The number of halogens is 2. The predicted octanol–water partition coefficient (Wildman–Crippen LogP) is 5.01. The number of rotatable bonds is 5. The molecule has 0 saturated carbocycles. The Morgan fingerprint density at radius 3 is 2.37 bits per heavy atom. The van der Waals surface area contributed by atoms with Gasteiger partial charge in [0.2, 0.25) is 0 Å². The van der Waals surface area contributed by atoms with Crippen molar-refractivity contribution in [1.82, 2.24) is 4.57 Å². The summed E-state index contributed by atoms with van der Waals surface area (Å²) in [5.41, 5.74) is -0.258. The molecule has 0 spiro atoms. The Bertz CT molecular complexity index is 1170. The first-order chi connectivity index (χ1) is 14.0. The van der Waals surface area contributed by atoms with Crippen molar-refractivity contribution in [2.24, 2.45) is 5.92 Å². The van der Waals surface area contributed by atoms with Gasteiger partial charge < -0.3 is 10.2 Å². The number of carboxylic acids is 1. The first-order valence-electron chi connectivity index (χ1n) is 9.61. The van der Waals surface area contributed by atoms with Crippen LogP contribution >= 0.6 is 0 Å². The van der Waals surface area contributed by atoms with Crippen molar-refractivity contribution in [1.29, 1.82) is 0 Å². The number of carbonyl (C=O) groups is 2. The number of nitrogens with zero attached hydrogens (tertiary/aromatic N) is 1. The van der Waals surface area contributed by atoms with E-state index >= 15 is 0 Å². The Morgan fingerprint density at radius 2 is 1.80 bits per heavy atom. The fourth-order valence-electron chi connectivity index (χ4n) is 4.05. The molecule has 0 aliphatic carbocycles. The van der Waals surface area contributed by atoms with Gasteiger partial charge >= 0.3 is 5.97 Å². The van der Waals surface area contributed by atoms with E-state index in [-0.39, 0.29) is 17.2 Å². The van der Waals surface area contributed by atoms with Gasteiger partial charge in [0.25, 0.3) is 5.91 Å². The van der Waals surface area contributed by atoms with Gasteiger partial charge in [-0.15, -0.1) is 0 Å². The molecule has 0 amide bonds. The number of fused-ring (bicyclic) bond motifs is 1. The summed E-state index contributed by atoms with van der Waals surface area (Å²) in [6.45, 7) is 6.91. The molecule has 2 atom stereocenters. The summed E-state index contributed by atoms with van der Waals surface area (Å²) in [5, 5.41) is 20.6. The molecule has 0 aliphatic heterocycles. The Labute approximate surface area is 172 Å². The van der Waals surface area contributed by atoms with Crippen molar-refractivity contribution >= 4 is 22.8 Å². The summed E-state index contributed by atoms with van der Waals surface area (Å²) in [6, 6.07) is 7.19. The van der Waals surface area contributed by atoms with Crippen LogP contribution in [0.4, 0.5) is 8.78 Å². The Balaban J connectivity index is 2.38. The van der Waals surface area contributed by atoms with Crippen LogP contribution in [-0.2, 0) is 10.2 Å². The van der Waals surface area contributed by atoms with Crippen molar-refractivity contribution in [3.8, 4) is 5.75 Å². The summed E-state index contributed by atoms with van der Waals surface area (Å²) in [6.07, 6.45) is 0.574. The molecular formula is C23H23F2NO4. The van der Waals surface area contributed by atoms with Crippen LogP contribution in [0.3, 0.4) is 0 Å². The van der Waals surface area contributed by atoms with Crippen LogP contribution in [0.2, 0.25) is 0 Å². The fraction of sp³-hybridized carbons (Fsp3) is 0.304. The van der Waals surface area contributed by atoms with E-state index in [9.17, 15) is 28.6 Å². The molecule has 0 saturated heterocycles. The maximum Gasteiger partial charge on any atom is 0.314 e. The molecular weight excluding hydrogens is 392 g/mol. The second-order valence-corrected chi connectivity index (χ2v) is 7.75. The molecule has 1 aromatic heterocycles. The highest BCUT2D eigenvalue weighted by molar-refractivity contribution is 6.06. The van der Waals surface area contributed by atoms with Crippen LogP contribution in [0.1, 0.15) is 48.8 Å². The summed E-state index contributed by atoms with van der Waals surface area (Å²) < 4.78 is 28.4. The van der Waals surface area contributed by atoms with E-state index in [2.05, 4.69) is 0 Å². The fourth-order valence-corrected chi connectivity index (χ4v) is 4.05. The van der Waals surface area contributed by atoms with E-state index in [0.717, 1.165) is 12.1 Å². The second kappa shape index (κ2) is 7.55. The highest BCUT2D eigenvalue weighted by atomic mass is 19.2. The number of hydrogen-bond acceptors (Lipinski definition) is 3. The normalized spacial score (nSPS) is 14.5. The number of benzene rings is 2. The lowest BCUT2D eigenvalue weighted by molar-refractivity contribution is -0.145. The van der Waals surface area contributed by atoms with Crippen molar-refractivity contribution in [3.05, 3.63) is 64.9 Å². The molecule has 5 nitrogen and oxygen atoms in total. The van der Waals surface area contributed by atoms with Gasteiger partial charge in [-0.05, 0) is 61.7 Å². The molecule has 1 unspecified atom stereocenters. The second-order valence-electron chi connectivity index (χ2n) is 7.75. The van der Waals surface area contributed by atoms with E-state index < -0.39 is 28.9 Å². The van der Waals surface area contributed by atoms with Gasteiger partial charge in [0, 0.05) is 16.6 Å². The van der Waals surface area contributed by atoms with Crippen molar-refractivity contribution in [2.45, 2.75) is 39.5 Å². The number of hydrogen-bond donors (Lipinski definition) is 2. The third-order valence-electron chi connectivity index (χ3n) is 6.12. The zero-order valence-electron chi connectivity index (χ0n) is 17.2. The Morgan fingerprint density at radius 1 is 1.13 bits per heavy atom. The van der Waals surface area contributed by atoms with E-state index in [0.29, 0.717) is 28.6 Å². The van der Waals surface area contributed by atoms with Crippen LogP contribution in [0.25, 0.3) is 10.9 Å². The number of aromatic hydroxyl groups is 1. The quantitative estimate of drug-likeness (QED) is 0.614. The molecule has 2 N–H and O–H groups in total. The molecule has 1 heterocycles. The minimum Gasteiger partial charge on any atom is -0.508 e. The average molecular weight is 415 g/mol. The number of phenols is 1. The van der Waals surface area contributed by atoms with Crippen molar-refractivity contribution in [2.75, 3.05) is 0 Å². The topological polar surface area (TPSA) is 79.5 Å². The molecule has 0 radical (unpaired) electrons. The molecule has 0 fully saturated rings. The number of aliphatic carboxylic acids is 1. The smallest absolute Gasteiger partial charge is 0.314 e. The lowest BCUT2D eigenvalue weighted by Crippen LogP contribution is -2.39. The van der Waals surface area contributed by atoms with E-state index in [4.69, 9.17) is 0 Å². The van der Waals surface area contributed by atoms with Gasteiger partial charge in [-0.2, -0.15) is 0 Å². The third-order valence-corrected chi connectivity index (χ3v) is 6.12. The molecule has 30 heavy (non-hydrogen) atoms.